The van der Waals surface area contributed by atoms with Gasteiger partial charge >= 0.3 is 0 Å². The Morgan fingerprint density at radius 2 is 2.27 bits per heavy atom. The lowest BCUT2D eigenvalue weighted by atomic mass is 10.1. The molecule has 1 atom stereocenters. The number of carbonyl (C=O) groups excluding carboxylic acids is 1. The van der Waals surface area contributed by atoms with Crippen LogP contribution in [0, 0.1) is 5.92 Å². The Hall–Kier alpha value is -1.51. The summed E-state index contributed by atoms with van der Waals surface area (Å²) in [6.07, 6.45) is 2.02. The first-order valence-electron chi connectivity index (χ1n) is 5.26. The van der Waals surface area contributed by atoms with E-state index in [2.05, 4.69) is 5.32 Å². The van der Waals surface area contributed by atoms with Crippen molar-refractivity contribution < 1.29 is 9.90 Å². The van der Waals surface area contributed by atoms with Crippen LogP contribution in [0.15, 0.2) is 24.3 Å². The number of hydrogen-bond acceptors (Lipinski definition) is 2. The lowest BCUT2D eigenvalue weighted by molar-refractivity contribution is -0.122. The molecule has 15 heavy (non-hydrogen) atoms. The molecule has 1 aromatic rings. The molecular weight excluding hydrogens is 190 g/mol. The Morgan fingerprint density at radius 1 is 1.53 bits per heavy atom. The summed E-state index contributed by atoms with van der Waals surface area (Å²) in [6.45, 7) is 1.93. The number of aromatic hydroxyl groups is 1. The molecule has 2 N–H and O–H groups in total. The molecule has 1 aliphatic carbocycles. The van der Waals surface area contributed by atoms with Crippen LogP contribution in [0.2, 0.25) is 0 Å². The zero-order valence-electron chi connectivity index (χ0n) is 8.73. The van der Waals surface area contributed by atoms with E-state index >= 15 is 0 Å². The molecule has 0 aliphatic heterocycles. The molecule has 1 unspecified atom stereocenters. The summed E-state index contributed by atoms with van der Waals surface area (Å²) in [5.74, 6) is 0.593. The van der Waals surface area contributed by atoms with E-state index in [-0.39, 0.29) is 23.6 Å². The lowest BCUT2D eigenvalue weighted by Crippen LogP contribution is -2.27. The minimum atomic E-state index is -0.0369. The fourth-order valence-corrected chi connectivity index (χ4v) is 1.55. The molecule has 3 nitrogen and oxygen atoms in total. The normalized spacial score (nSPS) is 17.1. The highest BCUT2D eigenvalue weighted by Gasteiger charge is 2.30. The highest BCUT2D eigenvalue weighted by molar-refractivity contribution is 5.81. The quantitative estimate of drug-likeness (QED) is 0.792. The van der Waals surface area contributed by atoms with Crippen LogP contribution >= 0.6 is 0 Å². The molecule has 1 fully saturated rings. The Kier molecular flexibility index (Phi) is 2.62. The molecule has 0 aromatic heterocycles. The second-order valence-electron chi connectivity index (χ2n) is 4.10. The first-order chi connectivity index (χ1) is 7.16. The van der Waals surface area contributed by atoms with E-state index in [1.807, 2.05) is 13.0 Å². The van der Waals surface area contributed by atoms with E-state index in [1.165, 1.54) is 0 Å². The van der Waals surface area contributed by atoms with E-state index in [0.717, 1.165) is 18.4 Å². The largest absolute Gasteiger partial charge is 0.508 e. The molecule has 1 aliphatic rings. The summed E-state index contributed by atoms with van der Waals surface area (Å²) in [4.78, 5) is 11.5. The number of amides is 1. The fourth-order valence-electron chi connectivity index (χ4n) is 1.55. The van der Waals surface area contributed by atoms with E-state index < -0.39 is 0 Å². The zero-order valence-corrected chi connectivity index (χ0v) is 8.73. The molecule has 0 radical (unpaired) electrons. The van der Waals surface area contributed by atoms with Crippen molar-refractivity contribution in [2.45, 2.75) is 25.8 Å². The van der Waals surface area contributed by atoms with Crippen LogP contribution in [0.25, 0.3) is 0 Å². The SMILES string of the molecule is CC(NC(=O)C1CC1)c1cccc(O)c1. The van der Waals surface area contributed by atoms with Crippen molar-refractivity contribution in [3.8, 4) is 5.75 Å². The predicted octanol–water partition coefficient (Wildman–Crippen LogP) is 1.98. The van der Waals surface area contributed by atoms with Crippen LogP contribution < -0.4 is 5.32 Å². The first-order valence-corrected chi connectivity index (χ1v) is 5.26. The third-order valence-corrected chi connectivity index (χ3v) is 2.68. The van der Waals surface area contributed by atoms with Crippen molar-refractivity contribution in [3.63, 3.8) is 0 Å². The van der Waals surface area contributed by atoms with E-state index in [4.69, 9.17) is 0 Å². The predicted molar refractivity (Wildman–Crippen MR) is 57.4 cm³/mol. The minimum absolute atomic E-state index is 0.0369. The van der Waals surface area contributed by atoms with Crippen molar-refractivity contribution in [2.75, 3.05) is 0 Å². The molecule has 1 amide bonds. The number of phenolic OH excluding ortho intramolecular Hbond substituents is 1. The van der Waals surface area contributed by atoms with Crippen molar-refractivity contribution in [1.82, 2.24) is 5.32 Å². The average molecular weight is 205 g/mol. The van der Waals surface area contributed by atoms with Gasteiger partial charge in [-0.2, -0.15) is 0 Å². The molecule has 3 heteroatoms. The van der Waals surface area contributed by atoms with Crippen molar-refractivity contribution in [1.29, 1.82) is 0 Å². The third-order valence-electron chi connectivity index (χ3n) is 2.68. The lowest BCUT2D eigenvalue weighted by Gasteiger charge is -2.14. The summed E-state index contributed by atoms with van der Waals surface area (Å²) < 4.78 is 0. The van der Waals surface area contributed by atoms with Gasteiger partial charge in [-0.1, -0.05) is 12.1 Å². The van der Waals surface area contributed by atoms with Gasteiger partial charge in [0.15, 0.2) is 0 Å². The molecule has 0 spiro atoms. The Bertz CT molecular complexity index is 372. The zero-order chi connectivity index (χ0) is 10.8. The standard InChI is InChI=1S/C12H15NO2/c1-8(13-12(15)9-5-6-9)10-3-2-4-11(14)7-10/h2-4,7-9,14H,5-6H2,1H3,(H,13,15). The highest BCUT2D eigenvalue weighted by Crippen LogP contribution is 2.30. The number of benzene rings is 1. The smallest absolute Gasteiger partial charge is 0.223 e. The van der Waals surface area contributed by atoms with Crippen molar-refractivity contribution in [2.24, 2.45) is 5.92 Å². The van der Waals surface area contributed by atoms with Gasteiger partial charge in [0.2, 0.25) is 5.91 Å². The van der Waals surface area contributed by atoms with Gasteiger partial charge < -0.3 is 10.4 Å². The molecule has 0 heterocycles. The van der Waals surface area contributed by atoms with Gasteiger partial charge in [0, 0.05) is 5.92 Å². The Labute approximate surface area is 89.1 Å². The summed E-state index contributed by atoms with van der Waals surface area (Å²) in [5.41, 5.74) is 0.934. The highest BCUT2D eigenvalue weighted by atomic mass is 16.3. The molecule has 80 valence electrons. The Morgan fingerprint density at radius 3 is 2.87 bits per heavy atom. The molecular formula is C12H15NO2. The molecule has 0 bridgehead atoms. The summed E-state index contributed by atoms with van der Waals surface area (Å²) >= 11 is 0. The Balaban J connectivity index is 2.00. The summed E-state index contributed by atoms with van der Waals surface area (Å²) in [6, 6.07) is 6.95. The molecule has 1 saturated carbocycles. The number of rotatable bonds is 3. The van der Waals surface area contributed by atoms with Crippen LogP contribution in [0.4, 0.5) is 0 Å². The minimum Gasteiger partial charge on any atom is -0.508 e. The number of carbonyl (C=O) groups is 1. The number of nitrogens with one attached hydrogen (secondary N) is 1. The maximum Gasteiger partial charge on any atom is 0.223 e. The van der Waals surface area contributed by atoms with Gasteiger partial charge in [-0.05, 0) is 37.5 Å². The maximum absolute atomic E-state index is 11.5. The van der Waals surface area contributed by atoms with Crippen molar-refractivity contribution >= 4 is 5.91 Å². The van der Waals surface area contributed by atoms with Crippen LogP contribution in [0.3, 0.4) is 0 Å². The van der Waals surface area contributed by atoms with Gasteiger partial charge in [-0.15, -0.1) is 0 Å². The number of hydrogen-bond donors (Lipinski definition) is 2. The van der Waals surface area contributed by atoms with E-state index in [0.29, 0.717) is 0 Å². The second kappa shape index (κ2) is 3.93. The van der Waals surface area contributed by atoms with Gasteiger partial charge in [0.1, 0.15) is 5.75 Å². The third kappa shape index (κ3) is 2.49. The second-order valence-corrected chi connectivity index (χ2v) is 4.10. The summed E-state index contributed by atoms with van der Waals surface area (Å²) in [7, 11) is 0. The maximum atomic E-state index is 11.5. The van der Waals surface area contributed by atoms with Crippen LogP contribution in [-0.4, -0.2) is 11.0 Å². The van der Waals surface area contributed by atoms with Crippen molar-refractivity contribution in [3.05, 3.63) is 29.8 Å². The van der Waals surface area contributed by atoms with Gasteiger partial charge in [-0.25, -0.2) is 0 Å². The topological polar surface area (TPSA) is 49.3 Å². The molecule has 1 aromatic carbocycles. The van der Waals surface area contributed by atoms with Crippen LogP contribution in [0.5, 0.6) is 5.75 Å². The van der Waals surface area contributed by atoms with Gasteiger partial charge in [-0.3, -0.25) is 4.79 Å². The first kappa shape index (κ1) is 10.0. The fraction of sp³-hybridized carbons (Fsp3) is 0.417. The van der Waals surface area contributed by atoms with E-state index in [9.17, 15) is 9.90 Å². The molecule has 0 saturated heterocycles. The monoisotopic (exact) mass is 205 g/mol. The van der Waals surface area contributed by atoms with Gasteiger partial charge in [0.05, 0.1) is 6.04 Å². The van der Waals surface area contributed by atoms with E-state index in [1.54, 1.807) is 18.2 Å². The number of phenols is 1. The van der Waals surface area contributed by atoms with Crippen LogP contribution in [0.1, 0.15) is 31.4 Å². The summed E-state index contributed by atoms with van der Waals surface area (Å²) in [5, 5.41) is 12.2. The van der Waals surface area contributed by atoms with Gasteiger partial charge in [0.25, 0.3) is 0 Å². The molecule has 2 rings (SSSR count). The average Bonchev–Trinajstić information content (AvgIpc) is 3.00. The van der Waals surface area contributed by atoms with Crippen LogP contribution in [-0.2, 0) is 4.79 Å².